The Bertz CT molecular complexity index is 265. The van der Waals surface area contributed by atoms with Crippen LogP contribution in [-0.2, 0) is 14.3 Å². The van der Waals surface area contributed by atoms with Crippen LogP contribution in [0.5, 0.6) is 0 Å². The molecule has 1 aliphatic heterocycles. The number of Topliss-reactive ketones (excluding diaryl/α,β-unsaturated/α-hetero) is 1. The third kappa shape index (κ3) is 4.86. The lowest BCUT2D eigenvalue weighted by Crippen LogP contribution is -2.42. The Kier molecular flexibility index (Phi) is 6.19. The molecule has 0 N–H and O–H groups in total. The third-order valence-electron chi connectivity index (χ3n) is 3.15. The van der Waals surface area contributed by atoms with Crippen LogP contribution in [0.15, 0.2) is 0 Å². The second-order valence-electron chi connectivity index (χ2n) is 4.63. The highest BCUT2D eigenvalue weighted by Gasteiger charge is 2.26. The van der Waals surface area contributed by atoms with Crippen LogP contribution in [-0.4, -0.2) is 42.4 Å². The number of carbonyl (C=O) groups excluding carboxylic acids is 2. The van der Waals surface area contributed by atoms with E-state index in [4.69, 9.17) is 4.74 Å². The Morgan fingerprint density at radius 2 is 2.06 bits per heavy atom. The van der Waals surface area contributed by atoms with E-state index in [2.05, 4.69) is 0 Å². The summed E-state index contributed by atoms with van der Waals surface area (Å²) in [6.45, 7) is 4.94. The predicted molar refractivity (Wildman–Crippen MR) is 65.8 cm³/mol. The van der Waals surface area contributed by atoms with Crippen molar-refractivity contribution in [3.63, 3.8) is 0 Å². The van der Waals surface area contributed by atoms with E-state index in [0.29, 0.717) is 13.0 Å². The van der Waals surface area contributed by atoms with Crippen molar-refractivity contribution in [1.29, 1.82) is 0 Å². The molecule has 98 valence electrons. The van der Waals surface area contributed by atoms with Gasteiger partial charge in [-0.3, -0.25) is 9.59 Å². The fourth-order valence-corrected chi connectivity index (χ4v) is 2.32. The van der Waals surface area contributed by atoms with Crippen molar-refractivity contribution >= 4 is 11.7 Å². The molecule has 4 nitrogen and oxygen atoms in total. The normalized spacial score (nSPS) is 21.1. The number of hydrogen-bond donors (Lipinski definition) is 0. The molecule has 0 saturated carbocycles. The quantitative estimate of drug-likeness (QED) is 0.737. The Hall–Kier alpha value is -0.900. The van der Waals surface area contributed by atoms with Crippen LogP contribution in [0.1, 0.15) is 46.0 Å². The molecule has 0 spiro atoms. The zero-order valence-corrected chi connectivity index (χ0v) is 10.9. The Labute approximate surface area is 103 Å². The first-order chi connectivity index (χ1) is 8.15. The summed E-state index contributed by atoms with van der Waals surface area (Å²) >= 11 is 0. The van der Waals surface area contributed by atoms with E-state index < -0.39 is 0 Å². The summed E-state index contributed by atoms with van der Waals surface area (Å²) in [5.74, 6) is 0.186. The van der Waals surface area contributed by atoms with Crippen LogP contribution >= 0.6 is 0 Å². The molecule has 1 atom stereocenters. The van der Waals surface area contributed by atoms with Gasteiger partial charge < -0.3 is 9.64 Å². The second kappa shape index (κ2) is 7.43. The summed E-state index contributed by atoms with van der Waals surface area (Å²) in [6, 6.07) is 0.0861. The van der Waals surface area contributed by atoms with Gasteiger partial charge in [-0.1, -0.05) is 12.8 Å². The lowest BCUT2D eigenvalue weighted by molar-refractivity contribution is -0.139. The number of ether oxygens (including phenoxy) is 1. The van der Waals surface area contributed by atoms with Gasteiger partial charge in [0.05, 0.1) is 0 Å². The zero-order valence-electron chi connectivity index (χ0n) is 10.9. The fraction of sp³-hybridized carbons (Fsp3) is 0.846. The Morgan fingerprint density at radius 1 is 1.29 bits per heavy atom. The summed E-state index contributed by atoms with van der Waals surface area (Å²) in [6.07, 6.45) is 4.71. The van der Waals surface area contributed by atoms with Crippen LogP contribution in [0.2, 0.25) is 0 Å². The van der Waals surface area contributed by atoms with Crippen LogP contribution in [0.4, 0.5) is 0 Å². The average Bonchev–Trinajstić information content (AvgIpc) is 2.50. The van der Waals surface area contributed by atoms with Crippen LogP contribution in [0.3, 0.4) is 0 Å². The number of likely N-dealkylation sites (tertiary alicyclic amines) is 1. The number of rotatable bonds is 5. The summed E-state index contributed by atoms with van der Waals surface area (Å²) in [4.78, 5) is 25.1. The molecule has 1 amide bonds. The van der Waals surface area contributed by atoms with E-state index in [1.165, 1.54) is 0 Å². The van der Waals surface area contributed by atoms with Crippen molar-refractivity contribution in [1.82, 2.24) is 4.90 Å². The maximum absolute atomic E-state index is 12.0. The molecular weight excluding hydrogens is 218 g/mol. The first-order valence-corrected chi connectivity index (χ1v) is 6.51. The van der Waals surface area contributed by atoms with Gasteiger partial charge in [-0.15, -0.1) is 0 Å². The first-order valence-electron chi connectivity index (χ1n) is 6.51. The lowest BCUT2D eigenvalue weighted by atomic mass is 10.0. The number of carbonyl (C=O) groups is 2. The number of ketones is 1. The molecule has 0 aliphatic carbocycles. The van der Waals surface area contributed by atoms with E-state index in [1.807, 2.05) is 11.8 Å². The first kappa shape index (κ1) is 14.2. The van der Waals surface area contributed by atoms with Crippen molar-refractivity contribution in [3.8, 4) is 0 Å². The topological polar surface area (TPSA) is 46.6 Å². The third-order valence-corrected chi connectivity index (χ3v) is 3.15. The Morgan fingerprint density at radius 3 is 2.71 bits per heavy atom. The molecule has 0 bridgehead atoms. The molecule has 0 aromatic heterocycles. The minimum absolute atomic E-state index is 0.0278. The molecule has 4 heteroatoms. The minimum Gasteiger partial charge on any atom is -0.372 e. The van der Waals surface area contributed by atoms with Gasteiger partial charge in [0.25, 0.3) is 0 Å². The molecule has 1 unspecified atom stereocenters. The van der Waals surface area contributed by atoms with E-state index in [1.54, 1.807) is 6.92 Å². The second-order valence-corrected chi connectivity index (χ2v) is 4.63. The van der Waals surface area contributed by atoms with Crippen molar-refractivity contribution in [3.05, 3.63) is 0 Å². The summed E-state index contributed by atoms with van der Waals surface area (Å²) < 4.78 is 5.17. The lowest BCUT2D eigenvalue weighted by Gasteiger charge is -2.29. The van der Waals surface area contributed by atoms with Crippen molar-refractivity contribution < 1.29 is 14.3 Å². The molecule has 1 rings (SSSR count). The van der Waals surface area contributed by atoms with E-state index in [-0.39, 0.29) is 24.3 Å². The van der Waals surface area contributed by atoms with Gasteiger partial charge in [-0.05, 0) is 26.7 Å². The number of hydrogen-bond acceptors (Lipinski definition) is 3. The van der Waals surface area contributed by atoms with Gasteiger partial charge in [0.2, 0.25) is 5.91 Å². The number of nitrogens with zero attached hydrogens (tertiary/aromatic N) is 1. The predicted octanol–water partition coefficient (Wildman–Crippen LogP) is 1.77. The highest BCUT2D eigenvalue weighted by Crippen LogP contribution is 2.19. The molecule has 17 heavy (non-hydrogen) atoms. The number of amides is 1. The van der Waals surface area contributed by atoms with Gasteiger partial charge in [-0.25, -0.2) is 0 Å². The van der Waals surface area contributed by atoms with Gasteiger partial charge >= 0.3 is 0 Å². The molecule has 1 aliphatic rings. The van der Waals surface area contributed by atoms with Crippen LogP contribution in [0, 0.1) is 0 Å². The Balaban J connectivity index is 2.60. The fourth-order valence-electron chi connectivity index (χ4n) is 2.32. The molecular formula is C13H23NO3. The van der Waals surface area contributed by atoms with Crippen LogP contribution < -0.4 is 0 Å². The van der Waals surface area contributed by atoms with Gasteiger partial charge in [0, 0.05) is 25.6 Å². The van der Waals surface area contributed by atoms with E-state index in [9.17, 15) is 9.59 Å². The van der Waals surface area contributed by atoms with Gasteiger partial charge in [0.15, 0.2) is 0 Å². The standard InChI is InChI=1S/C13H23NO3/c1-3-17-10-13(16)14-8-6-4-5-7-12(14)9-11(2)15/h12H,3-10H2,1-2H3. The van der Waals surface area contributed by atoms with Gasteiger partial charge in [0.1, 0.15) is 12.4 Å². The molecule has 1 heterocycles. The average molecular weight is 241 g/mol. The monoisotopic (exact) mass is 241 g/mol. The van der Waals surface area contributed by atoms with Crippen molar-refractivity contribution in [2.75, 3.05) is 19.8 Å². The smallest absolute Gasteiger partial charge is 0.248 e. The van der Waals surface area contributed by atoms with Crippen LogP contribution in [0.25, 0.3) is 0 Å². The molecule has 1 fully saturated rings. The van der Waals surface area contributed by atoms with Crippen molar-refractivity contribution in [2.45, 2.75) is 52.0 Å². The maximum Gasteiger partial charge on any atom is 0.248 e. The van der Waals surface area contributed by atoms with Gasteiger partial charge in [-0.2, -0.15) is 0 Å². The summed E-state index contributed by atoms with van der Waals surface area (Å²) in [5.41, 5.74) is 0. The molecule has 0 aromatic rings. The highest BCUT2D eigenvalue weighted by atomic mass is 16.5. The largest absolute Gasteiger partial charge is 0.372 e. The summed E-state index contributed by atoms with van der Waals surface area (Å²) in [7, 11) is 0. The maximum atomic E-state index is 12.0. The van der Waals surface area contributed by atoms with Crippen molar-refractivity contribution in [2.24, 2.45) is 0 Å². The minimum atomic E-state index is 0.0278. The summed E-state index contributed by atoms with van der Waals surface area (Å²) in [5, 5.41) is 0. The SMILES string of the molecule is CCOCC(=O)N1CCCCCC1CC(C)=O. The van der Waals surface area contributed by atoms with E-state index in [0.717, 1.165) is 32.2 Å². The molecule has 0 radical (unpaired) electrons. The zero-order chi connectivity index (χ0) is 12.7. The molecule has 0 aromatic carbocycles. The molecule has 1 saturated heterocycles. The highest BCUT2D eigenvalue weighted by molar-refractivity contribution is 5.80. The van der Waals surface area contributed by atoms with E-state index >= 15 is 0 Å².